The van der Waals surface area contributed by atoms with E-state index in [1.807, 2.05) is 6.07 Å². The van der Waals surface area contributed by atoms with Gasteiger partial charge in [-0.15, -0.1) is 0 Å². The lowest BCUT2D eigenvalue weighted by molar-refractivity contribution is -0.117. The molecule has 0 aliphatic carbocycles. The van der Waals surface area contributed by atoms with Crippen molar-refractivity contribution >= 4 is 17.4 Å². The summed E-state index contributed by atoms with van der Waals surface area (Å²) >= 11 is 0. The van der Waals surface area contributed by atoms with Gasteiger partial charge in [0.1, 0.15) is 0 Å². The van der Waals surface area contributed by atoms with Gasteiger partial charge in [-0.3, -0.25) is 14.5 Å². The number of Topliss-reactive ketones (excluding diaryl/α,β-unsaturated/α-hetero) is 1. The van der Waals surface area contributed by atoms with Crippen LogP contribution in [-0.4, -0.2) is 42.8 Å². The lowest BCUT2D eigenvalue weighted by Gasteiger charge is -2.30. The first-order valence-electron chi connectivity index (χ1n) is 7.42. The van der Waals surface area contributed by atoms with Gasteiger partial charge in [-0.1, -0.05) is 12.1 Å². The first-order valence-corrected chi connectivity index (χ1v) is 7.42. The number of hydrogen-bond acceptors (Lipinski definition) is 4. The van der Waals surface area contributed by atoms with E-state index in [2.05, 4.69) is 10.2 Å². The normalized spacial score (nSPS) is 16.7. The van der Waals surface area contributed by atoms with Gasteiger partial charge in [0, 0.05) is 5.56 Å². The molecule has 2 rings (SSSR count). The van der Waals surface area contributed by atoms with Crippen LogP contribution in [0.3, 0.4) is 0 Å². The second-order valence-corrected chi connectivity index (χ2v) is 5.61. The highest BCUT2D eigenvalue weighted by Crippen LogP contribution is 2.17. The number of hydrogen-bond donors (Lipinski definition) is 2. The van der Waals surface area contributed by atoms with Crippen LogP contribution < -0.4 is 11.1 Å². The highest BCUT2D eigenvalue weighted by Gasteiger charge is 2.20. The zero-order valence-electron chi connectivity index (χ0n) is 12.5. The van der Waals surface area contributed by atoms with Gasteiger partial charge < -0.3 is 11.1 Å². The molecule has 0 spiro atoms. The minimum Gasteiger partial charge on any atom is -0.330 e. The van der Waals surface area contributed by atoms with Crippen molar-refractivity contribution < 1.29 is 9.59 Å². The van der Waals surface area contributed by atoms with Crippen molar-refractivity contribution in [2.75, 3.05) is 31.5 Å². The molecule has 0 aromatic heterocycles. The molecule has 5 nitrogen and oxygen atoms in total. The lowest BCUT2D eigenvalue weighted by atomic mass is 9.97. The van der Waals surface area contributed by atoms with Crippen LogP contribution in [0.25, 0.3) is 0 Å². The van der Waals surface area contributed by atoms with E-state index in [4.69, 9.17) is 5.73 Å². The molecule has 1 aliphatic rings. The number of ketones is 1. The molecular formula is C16H23N3O2. The molecule has 1 amide bonds. The van der Waals surface area contributed by atoms with Crippen molar-refractivity contribution in [3.8, 4) is 0 Å². The van der Waals surface area contributed by atoms with Crippen LogP contribution in [0, 0.1) is 5.92 Å². The van der Waals surface area contributed by atoms with Crippen LogP contribution >= 0.6 is 0 Å². The predicted molar refractivity (Wildman–Crippen MR) is 83.3 cm³/mol. The number of likely N-dealkylation sites (tertiary alicyclic amines) is 1. The summed E-state index contributed by atoms with van der Waals surface area (Å²) in [4.78, 5) is 25.8. The number of nitrogens with two attached hydrogens (primary N) is 1. The number of para-hydroxylation sites is 1. The molecule has 1 aliphatic heterocycles. The van der Waals surface area contributed by atoms with E-state index in [1.54, 1.807) is 18.2 Å². The van der Waals surface area contributed by atoms with Gasteiger partial charge in [-0.25, -0.2) is 0 Å². The fraction of sp³-hybridized carbons (Fsp3) is 0.500. The first kappa shape index (κ1) is 15.7. The Morgan fingerprint density at radius 3 is 2.57 bits per heavy atom. The number of carbonyl (C=O) groups excluding carboxylic acids is 2. The SMILES string of the molecule is CC(=O)c1ccccc1NC(=O)CN1CCC(CN)CC1. The van der Waals surface area contributed by atoms with E-state index >= 15 is 0 Å². The van der Waals surface area contributed by atoms with Crippen LogP contribution in [0.4, 0.5) is 5.69 Å². The Labute approximate surface area is 125 Å². The van der Waals surface area contributed by atoms with E-state index in [0.29, 0.717) is 23.7 Å². The Morgan fingerprint density at radius 2 is 1.95 bits per heavy atom. The van der Waals surface area contributed by atoms with Gasteiger partial charge in [0.2, 0.25) is 5.91 Å². The number of anilines is 1. The third-order valence-corrected chi connectivity index (χ3v) is 3.99. The molecule has 5 heteroatoms. The molecule has 1 aromatic rings. The zero-order valence-corrected chi connectivity index (χ0v) is 12.5. The number of carbonyl (C=O) groups is 2. The third-order valence-electron chi connectivity index (χ3n) is 3.99. The zero-order chi connectivity index (χ0) is 15.2. The number of piperidine rings is 1. The second-order valence-electron chi connectivity index (χ2n) is 5.61. The summed E-state index contributed by atoms with van der Waals surface area (Å²) in [6.07, 6.45) is 2.10. The number of amides is 1. The van der Waals surface area contributed by atoms with Crippen molar-refractivity contribution in [2.24, 2.45) is 11.7 Å². The first-order chi connectivity index (χ1) is 10.1. The monoisotopic (exact) mass is 289 g/mol. The number of nitrogens with one attached hydrogen (secondary N) is 1. The number of nitrogens with zero attached hydrogens (tertiary/aromatic N) is 1. The van der Waals surface area contributed by atoms with Gasteiger partial charge in [0.15, 0.2) is 5.78 Å². The highest BCUT2D eigenvalue weighted by molar-refractivity contribution is 6.04. The summed E-state index contributed by atoms with van der Waals surface area (Å²) in [7, 11) is 0. The summed E-state index contributed by atoms with van der Waals surface area (Å²) in [5.41, 5.74) is 6.81. The molecule has 0 atom stereocenters. The van der Waals surface area contributed by atoms with Gasteiger partial charge in [0.25, 0.3) is 0 Å². The Kier molecular flexibility index (Phi) is 5.47. The number of rotatable bonds is 5. The standard InChI is InChI=1S/C16H23N3O2/c1-12(20)14-4-2-3-5-15(14)18-16(21)11-19-8-6-13(10-17)7-9-19/h2-5,13H,6-11,17H2,1H3,(H,18,21). The van der Waals surface area contributed by atoms with Crippen LogP contribution in [-0.2, 0) is 4.79 Å². The van der Waals surface area contributed by atoms with Crippen molar-refractivity contribution in [2.45, 2.75) is 19.8 Å². The van der Waals surface area contributed by atoms with Crippen LogP contribution in [0.1, 0.15) is 30.1 Å². The van der Waals surface area contributed by atoms with Gasteiger partial charge in [-0.05, 0) is 57.5 Å². The maximum atomic E-state index is 12.1. The summed E-state index contributed by atoms with van der Waals surface area (Å²) < 4.78 is 0. The molecule has 0 bridgehead atoms. The van der Waals surface area contributed by atoms with Gasteiger partial charge in [0.05, 0.1) is 12.2 Å². The molecule has 3 N–H and O–H groups in total. The molecule has 0 saturated carbocycles. The van der Waals surface area contributed by atoms with E-state index in [1.165, 1.54) is 6.92 Å². The van der Waals surface area contributed by atoms with Gasteiger partial charge in [-0.2, -0.15) is 0 Å². The Morgan fingerprint density at radius 1 is 1.29 bits per heavy atom. The summed E-state index contributed by atoms with van der Waals surface area (Å²) in [6, 6.07) is 7.10. The van der Waals surface area contributed by atoms with E-state index in [-0.39, 0.29) is 11.7 Å². The summed E-state index contributed by atoms with van der Waals surface area (Å²) in [5.74, 6) is 0.465. The van der Waals surface area contributed by atoms with Crippen molar-refractivity contribution in [3.05, 3.63) is 29.8 Å². The van der Waals surface area contributed by atoms with Crippen LogP contribution in [0.2, 0.25) is 0 Å². The fourth-order valence-electron chi connectivity index (χ4n) is 2.67. The maximum Gasteiger partial charge on any atom is 0.238 e. The Hall–Kier alpha value is -1.72. The van der Waals surface area contributed by atoms with E-state index in [0.717, 1.165) is 32.5 Å². The maximum absolute atomic E-state index is 12.1. The molecule has 1 aromatic carbocycles. The Bertz CT molecular complexity index is 508. The van der Waals surface area contributed by atoms with Crippen molar-refractivity contribution in [1.29, 1.82) is 0 Å². The molecule has 1 saturated heterocycles. The highest BCUT2D eigenvalue weighted by atomic mass is 16.2. The van der Waals surface area contributed by atoms with Crippen LogP contribution in [0.5, 0.6) is 0 Å². The molecular weight excluding hydrogens is 266 g/mol. The quantitative estimate of drug-likeness (QED) is 0.805. The smallest absolute Gasteiger partial charge is 0.238 e. The lowest BCUT2D eigenvalue weighted by Crippen LogP contribution is -2.40. The van der Waals surface area contributed by atoms with Crippen molar-refractivity contribution in [1.82, 2.24) is 4.90 Å². The molecule has 0 unspecified atom stereocenters. The predicted octanol–water partition coefficient (Wildman–Crippen LogP) is 1.50. The molecule has 0 radical (unpaired) electrons. The minimum absolute atomic E-state index is 0.0466. The Balaban J connectivity index is 1.89. The summed E-state index contributed by atoms with van der Waals surface area (Å²) in [5, 5.41) is 2.84. The van der Waals surface area contributed by atoms with Crippen LogP contribution in [0.15, 0.2) is 24.3 Å². The molecule has 1 fully saturated rings. The average Bonchev–Trinajstić information content (AvgIpc) is 2.48. The summed E-state index contributed by atoms with van der Waals surface area (Å²) in [6.45, 7) is 4.41. The minimum atomic E-state index is -0.0742. The molecule has 1 heterocycles. The molecule has 114 valence electrons. The largest absolute Gasteiger partial charge is 0.330 e. The topological polar surface area (TPSA) is 75.4 Å². The fourth-order valence-corrected chi connectivity index (χ4v) is 2.67. The number of benzene rings is 1. The van der Waals surface area contributed by atoms with E-state index < -0.39 is 0 Å². The second kappa shape index (κ2) is 7.33. The van der Waals surface area contributed by atoms with Crippen molar-refractivity contribution in [3.63, 3.8) is 0 Å². The van der Waals surface area contributed by atoms with Gasteiger partial charge >= 0.3 is 0 Å². The molecule has 21 heavy (non-hydrogen) atoms. The van der Waals surface area contributed by atoms with E-state index in [9.17, 15) is 9.59 Å². The average molecular weight is 289 g/mol. The third kappa shape index (κ3) is 4.37.